The standard InChI is InChI=1S/C18H26N2O/c1-2-15-3-5-16(6-4-15)13-20-11-9-18(10-12-20)8-7-17(21)19-14-18/h3-6H,2,7-14H2,1H3,(H,19,21). The Morgan fingerprint density at radius 2 is 1.76 bits per heavy atom. The minimum Gasteiger partial charge on any atom is -0.356 e. The third-order valence-electron chi connectivity index (χ3n) is 5.30. The molecule has 2 fully saturated rings. The number of rotatable bonds is 3. The topological polar surface area (TPSA) is 32.3 Å². The number of carbonyl (C=O) groups is 1. The van der Waals surface area contributed by atoms with Crippen molar-refractivity contribution in [3.63, 3.8) is 0 Å². The van der Waals surface area contributed by atoms with Crippen molar-refractivity contribution < 1.29 is 4.79 Å². The van der Waals surface area contributed by atoms with Crippen molar-refractivity contribution >= 4 is 5.91 Å². The van der Waals surface area contributed by atoms with Crippen molar-refractivity contribution in [1.82, 2.24) is 10.2 Å². The highest BCUT2D eigenvalue weighted by Crippen LogP contribution is 2.37. The van der Waals surface area contributed by atoms with E-state index >= 15 is 0 Å². The molecule has 3 heteroatoms. The SMILES string of the molecule is CCc1ccc(CN2CCC3(CCC(=O)NC3)CC2)cc1. The maximum absolute atomic E-state index is 11.3. The summed E-state index contributed by atoms with van der Waals surface area (Å²) in [6.07, 6.45) is 5.36. The van der Waals surface area contributed by atoms with Gasteiger partial charge in [-0.15, -0.1) is 0 Å². The number of hydrogen-bond donors (Lipinski definition) is 1. The fourth-order valence-electron chi connectivity index (χ4n) is 3.59. The Bertz CT molecular complexity index is 474. The van der Waals surface area contributed by atoms with E-state index in [0.717, 1.165) is 45.4 Å². The van der Waals surface area contributed by atoms with Crippen LogP contribution in [0.25, 0.3) is 0 Å². The molecular formula is C18H26N2O. The number of hydrogen-bond acceptors (Lipinski definition) is 2. The molecule has 1 aromatic carbocycles. The maximum atomic E-state index is 11.3. The minimum atomic E-state index is 0.235. The molecular weight excluding hydrogens is 260 g/mol. The van der Waals surface area contributed by atoms with Gasteiger partial charge in [-0.05, 0) is 55.3 Å². The molecule has 0 atom stereocenters. The summed E-state index contributed by atoms with van der Waals surface area (Å²) in [6, 6.07) is 9.03. The quantitative estimate of drug-likeness (QED) is 0.926. The van der Waals surface area contributed by atoms with Crippen LogP contribution < -0.4 is 5.32 Å². The van der Waals surface area contributed by atoms with E-state index in [1.165, 1.54) is 24.0 Å². The van der Waals surface area contributed by atoms with Crippen LogP contribution >= 0.6 is 0 Å². The number of carbonyl (C=O) groups excluding carboxylic acids is 1. The van der Waals surface area contributed by atoms with Gasteiger partial charge in [0.05, 0.1) is 0 Å². The highest BCUT2D eigenvalue weighted by atomic mass is 16.1. The number of likely N-dealkylation sites (tertiary alicyclic amines) is 1. The Balaban J connectivity index is 1.52. The first-order valence-electron chi connectivity index (χ1n) is 8.26. The summed E-state index contributed by atoms with van der Waals surface area (Å²) in [6.45, 7) is 6.47. The highest BCUT2D eigenvalue weighted by molar-refractivity contribution is 5.76. The van der Waals surface area contributed by atoms with Gasteiger partial charge in [0, 0.05) is 19.5 Å². The average molecular weight is 286 g/mol. The average Bonchev–Trinajstić information content (AvgIpc) is 2.54. The number of amides is 1. The number of piperidine rings is 2. The van der Waals surface area contributed by atoms with Crippen LogP contribution in [-0.4, -0.2) is 30.4 Å². The summed E-state index contributed by atoms with van der Waals surface area (Å²) < 4.78 is 0. The minimum absolute atomic E-state index is 0.235. The zero-order chi connectivity index (χ0) is 14.7. The second-order valence-corrected chi connectivity index (χ2v) is 6.72. The van der Waals surface area contributed by atoms with E-state index in [1.807, 2.05) is 0 Å². The molecule has 1 aromatic rings. The van der Waals surface area contributed by atoms with Gasteiger partial charge in [0.2, 0.25) is 5.91 Å². The Morgan fingerprint density at radius 1 is 1.10 bits per heavy atom. The van der Waals surface area contributed by atoms with Crippen molar-refractivity contribution in [2.45, 2.75) is 45.6 Å². The van der Waals surface area contributed by atoms with E-state index in [1.54, 1.807) is 0 Å². The van der Waals surface area contributed by atoms with Crippen molar-refractivity contribution in [3.8, 4) is 0 Å². The van der Waals surface area contributed by atoms with Crippen molar-refractivity contribution in [1.29, 1.82) is 0 Å². The van der Waals surface area contributed by atoms with Gasteiger partial charge in [-0.25, -0.2) is 0 Å². The molecule has 0 bridgehead atoms. The summed E-state index contributed by atoms with van der Waals surface area (Å²) >= 11 is 0. The molecule has 2 heterocycles. The molecule has 1 spiro atoms. The van der Waals surface area contributed by atoms with Gasteiger partial charge in [-0.2, -0.15) is 0 Å². The lowest BCUT2D eigenvalue weighted by Gasteiger charge is -2.44. The Labute approximate surface area is 127 Å². The van der Waals surface area contributed by atoms with Crippen LogP contribution in [0.2, 0.25) is 0 Å². The van der Waals surface area contributed by atoms with Crippen molar-refractivity contribution in [2.24, 2.45) is 5.41 Å². The summed E-state index contributed by atoms with van der Waals surface area (Å²) in [7, 11) is 0. The maximum Gasteiger partial charge on any atom is 0.220 e. The molecule has 3 rings (SSSR count). The van der Waals surface area contributed by atoms with Gasteiger partial charge < -0.3 is 5.32 Å². The van der Waals surface area contributed by atoms with Gasteiger partial charge in [0.25, 0.3) is 0 Å². The molecule has 2 aliphatic heterocycles. The van der Waals surface area contributed by atoms with Gasteiger partial charge >= 0.3 is 0 Å². The first-order valence-corrected chi connectivity index (χ1v) is 8.26. The van der Waals surface area contributed by atoms with Crippen LogP contribution in [0.4, 0.5) is 0 Å². The van der Waals surface area contributed by atoms with E-state index < -0.39 is 0 Å². The molecule has 0 unspecified atom stereocenters. The van der Waals surface area contributed by atoms with Crippen LogP contribution in [-0.2, 0) is 17.8 Å². The van der Waals surface area contributed by atoms with Crippen molar-refractivity contribution in [2.75, 3.05) is 19.6 Å². The molecule has 114 valence electrons. The number of nitrogens with one attached hydrogen (secondary N) is 1. The number of nitrogens with zero attached hydrogens (tertiary/aromatic N) is 1. The first kappa shape index (κ1) is 14.6. The number of benzene rings is 1. The normalized spacial score (nSPS) is 22.2. The molecule has 0 aliphatic carbocycles. The van der Waals surface area contributed by atoms with Crippen LogP contribution in [0.15, 0.2) is 24.3 Å². The van der Waals surface area contributed by atoms with Crippen LogP contribution in [0.5, 0.6) is 0 Å². The van der Waals surface area contributed by atoms with Crippen LogP contribution in [0.1, 0.15) is 43.7 Å². The Hall–Kier alpha value is -1.35. The van der Waals surface area contributed by atoms with Gasteiger partial charge in [0.15, 0.2) is 0 Å². The van der Waals surface area contributed by atoms with Crippen LogP contribution in [0, 0.1) is 5.41 Å². The lowest BCUT2D eigenvalue weighted by atomic mass is 9.73. The summed E-state index contributed by atoms with van der Waals surface area (Å²) in [5.41, 5.74) is 3.21. The second kappa shape index (κ2) is 6.18. The Morgan fingerprint density at radius 3 is 2.33 bits per heavy atom. The molecule has 0 aromatic heterocycles. The molecule has 1 N–H and O–H groups in total. The predicted octanol–water partition coefficient (Wildman–Crippen LogP) is 2.74. The molecule has 21 heavy (non-hydrogen) atoms. The highest BCUT2D eigenvalue weighted by Gasteiger charge is 2.37. The third-order valence-corrected chi connectivity index (χ3v) is 5.30. The van der Waals surface area contributed by atoms with Gasteiger partial charge in [-0.3, -0.25) is 9.69 Å². The molecule has 0 radical (unpaired) electrons. The van der Waals surface area contributed by atoms with Crippen LogP contribution in [0.3, 0.4) is 0 Å². The molecule has 1 amide bonds. The number of aryl methyl sites for hydroxylation is 1. The van der Waals surface area contributed by atoms with E-state index in [-0.39, 0.29) is 5.91 Å². The third kappa shape index (κ3) is 3.46. The predicted molar refractivity (Wildman–Crippen MR) is 85.0 cm³/mol. The smallest absolute Gasteiger partial charge is 0.220 e. The molecule has 0 saturated carbocycles. The summed E-state index contributed by atoms with van der Waals surface area (Å²) in [4.78, 5) is 13.9. The van der Waals surface area contributed by atoms with E-state index in [0.29, 0.717) is 5.41 Å². The van der Waals surface area contributed by atoms with E-state index in [9.17, 15) is 4.79 Å². The fraction of sp³-hybridized carbons (Fsp3) is 0.611. The lowest BCUT2D eigenvalue weighted by molar-refractivity contribution is -0.125. The van der Waals surface area contributed by atoms with Gasteiger partial charge in [-0.1, -0.05) is 31.2 Å². The zero-order valence-electron chi connectivity index (χ0n) is 13.0. The monoisotopic (exact) mass is 286 g/mol. The fourth-order valence-corrected chi connectivity index (χ4v) is 3.59. The molecule has 3 nitrogen and oxygen atoms in total. The second-order valence-electron chi connectivity index (χ2n) is 6.72. The summed E-state index contributed by atoms with van der Waals surface area (Å²) in [5.74, 6) is 0.235. The van der Waals surface area contributed by atoms with Crippen molar-refractivity contribution in [3.05, 3.63) is 35.4 Å². The lowest BCUT2D eigenvalue weighted by Crippen LogP contribution is -2.49. The molecule has 2 aliphatic rings. The zero-order valence-corrected chi connectivity index (χ0v) is 13.0. The molecule has 2 saturated heterocycles. The van der Waals surface area contributed by atoms with Gasteiger partial charge in [0.1, 0.15) is 0 Å². The largest absolute Gasteiger partial charge is 0.356 e. The first-order chi connectivity index (χ1) is 10.2. The van der Waals surface area contributed by atoms with E-state index in [4.69, 9.17) is 0 Å². The summed E-state index contributed by atoms with van der Waals surface area (Å²) in [5, 5.41) is 3.06. The Kier molecular flexibility index (Phi) is 4.29. The van der Waals surface area contributed by atoms with E-state index in [2.05, 4.69) is 41.4 Å².